The van der Waals surface area contributed by atoms with Crippen LogP contribution < -0.4 is 5.30 Å². The highest BCUT2D eigenvalue weighted by Gasteiger charge is 2.12. The third-order valence-electron chi connectivity index (χ3n) is 3.89. The van der Waals surface area contributed by atoms with Crippen molar-refractivity contribution in [2.75, 3.05) is 13.8 Å². The minimum Gasteiger partial charge on any atom is -0.469 e. The average Bonchev–Trinajstić information content (AvgIpc) is 2.57. The van der Waals surface area contributed by atoms with Crippen LogP contribution in [0, 0.1) is 0 Å². The molecule has 128 valence electrons. The fourth-order valence-corrected chi connectivity index (χ4v) is 3.91. The summed E-state index contributed by atoms with van der Waals surface area (Å²) in [5, 5.41) is 0.918. The van der Waals surface area contributed by atoms with Gasteiger partial charge >= 0.3 is 5.97 Å². The first-order valence-electron chi connectivity index (χ1n) is 8.43. The molecule has 4 heteroatoms. The maximum Gasteiger partial charge on any atom is 0.305 e. The van der Waals surface area contributed by atoms with E-state index >= 15 is 0 Å². The van der Waals surface area contributed by atoms with Gasteiger partial charge in [0.2, 0.25) is 0 Å². The van der Waals surface area contributed by atoms with E-state index in [1.807, 2.05) is 42.8 Å². The van der Waals surface area contributed by atoms with Crippen LogP contribution in [0.1, 0.15) is 51.4 Å². The lowest BCUT2D eigenvalue weighted by Crippen LogP contribution is -1.99. The Labute approximate surface area is 140 Å². The molecule has 1 aromatic rings. The predicted octanol–water partition coefficient (Wildman–Crippen LogP) is 5.11. The molecule has 0 aromatic heterocycles. The zero-order valence-electron chi connectivity index (χ0n) is 14.4. The van der Waals surface area contributed by atoms with E-state index in [0.717, 1.165) is 37.4 Å². The highest BCUT2D eigenvalue weighted by molar-refractivity contribution is 7.73. The number of unbranched alkanes of at least 4 members (excludes halogenated alkanes) is 6. The molecule has 1 aromatic carbocycles. The molecule has 1 rings (SSSR count). The molecule has 3 nitrogen and oxygen atoms in total. The van der Waals surface area contributed by atoms with Gasteiger partial charge in [0.25, 0.3) is 0 Å². The second-order valence-electron chi connectivity index (χ2n) is 5.95. The van der Waals surface area contributed by atoms with Crippen molar-refractivity contribution in [1.29, 1.82) is 0 Å². The Bertz CT molecular complexity index is 523. The predicted molar refractivity (Wildman–Crippen MR) is 97.7 cm³/mol. The molecule has 0 saturated carbocycles. The van der Waals surface area contributed by atoms with Crippen molar-refractivity contribution in [3.8, 4) is 0 Å². The van der Waals surface area contributed by atoms with Gasteiger partial charge in [-0.1, -0.05) is 62.1 Å². The van der Waals surface area contributed by atoms with E-state index in [0.29, 0.717) is 6.42 Å². The number of hydrogen-bond donors (Lipinski definition) is 0. The Balaban J connectivity index is 2.09. The number of carbonyl (C=O) groups is 1. The third kappa shape index (κ3) is 8.76. The highest BCUT2D eigenvalue weighted by Crippen LogP contribution is 2.41. The van der Waals surface area contributed by atoms with Gasteiger partial charge in [0.05, 0.1) is 7.11 Å². The Morgan fingerprint density at radius 2 is 1.65 bits per heavy atom. The summed E-state index contributed by atoms with van der Waals surface area (Å²) >= 11 is 0. The largest absolute Gasteiger partial charge is 0.469 e. The molecule has 0 aliphatic carbocycles. The molecule has 0 bridgehead atoms. The lowest BCUT2D eigenvalue weighted by Gasteiger charge is -2.07. The number of esters is 1. The smallest absolute Gasteiger partial charge is 0.305 e. The van der Waals surface area contributed by atoms with Gasteiger partial charge in [-0.05, 0) is 31.7 Å². The number of methoxy groups -OCH3 is 1. The molecule has 0 heterocycles. The molecular formula is C19H29O3P. The molecule has 0 amide bonds. The number of allylic oxidation sites excluding steroid dienone is 1. The van der Waals surface area contributed by atoms with Gasteiger partial charge in [-0.25, -0.2) is 0 Å². The second-order valence-corrected chi connectivity index (χ2v) is 8.74. The van der Waals surface area contributed by atoms with E-state index in [1.165, 1.54) is 20.0 Å². The van der Waals surface area contributed by atoms with Gasteiger partial charge in [0.1, 0.15) is 7.14 Å². The molecule has 1 atom stereocenters. The molecule has 0 aliphatic rings. The SMILES string of the molecule is COC(=O)CCCCCCCC/C=C/[P@@](C)(=O)c1ccccc1. The van der Waals surface area contributed by atoms with Crippen molar-refractivity contribution in [3.63, 3.8) is 0 Å². The fourth-order valence-electron chi connectivity index (χ4n) is 2.43. The van der Waals surface area contributed by atoms with Crippen LogP contribution in [0.25, 0.3) is 0 Å². The topological polar surface area (TPSA) is 43.4 Å². The molecule has 0 aliphatic heterocycles. The van der Waals surface area contributed by atoms with Gasteiger partial charge in [-0.2, -0.15) is 0 Å². The average molecular weight is 336 g/mol. The molecule has 0 spiro atoms. The van der Waals surface area contributed by atoms with Crippen LogP contribution >= 0.6 is 7.14 Å². The van der Waals surface area contributed by atoms with Gasteiger partial charge in [-0.3, -0.25) is 4.79 Å². The third-order valence-corrected chi connectivity index (χ3v) is 5.99. The van der Waals surface area contributed by atoms with Gasteiger partial charge < -0.3 is 9.30 Å². The minimum atomic E-state index is -2.35. The standard InChI is InChI=1S/C19H29O3P/c1-22-19(20)16-12-7-5-3-4-6-8-13-17-23(2,21)18-14-10-9-11-15-18/h9-11,13-15,17H,3-8,12,16H2,1-2H3/b17-13+/t23-/m1/s1. The summed E-state index contributed by atoms with van der Waals surface area (Å²) in [5.74, 6) is 1.77. The summed E-state index contributed by atoms with van der Waals surface area (Å²) in [6, 6.07) is 9.66. The van der Waals surface area contributed by atoms with Crippen LogP contribution in [0.4, 0.5) is 0 Å². The lowest BCUT2D eigenvalue weighted by molar-refractivity contribution is -0.140. The molecule has 0 unspecified atom stereocenters. The van der Waals surface area contributed by atoms with E-state index in [4.69, 9.17) is 0 Å². The monoisotopic (exact) mass is 336 g/mol. The van der Waals surface area contributed by atoms with Gasteiger partial charge in [0, 0.05) is 11.7 Å². The Kier molecular flexibility index (Phi) is 9.63. The summed E-state index contributed by atoms with van der Waals surface area (Å²) in [7, 11) is -0.919. The second kappa shape index (κ2) is 11.2. The molecule has 0 fully saturated rings. The molecule has 0 saturated heterocycles. The Morgan fingerprint density at radius 1 is 1.04 bits per heavy atom. The Morgan fingerprint density at radius 3 is 2.30 bits per heavy atom. The summed E-state index contributed by atoms with van der Waals surface area (Å²) in [6.07, 6.45) is 10.2. The summed E-state index contributed by atoms with van der Waals surface area (Å²) < 4.78 is 17.2. The van der Waals surface area contributed by atoms with Crippen molar-refractivity contribution in [1.82, 2.24) is 0 Å². The van der Waals surface area contributed by atoms with Crippen LogP contribution in [-0.4, -0.2) is 19.7 Å². The van der Waals surface area contributed by atoms with Crippen LogP contribution in [0.15, 0.2) is 42.2 Å². The Hall–Kier alpha value is -1.34. The lowest BCUT2D eigenvalue weighted by atomic mass is 10.1. The summed E-state index contributed by atoms with van der Waals surface area (Å²) in [4.78, 5) is 10.9. The zero-order chi connectivity index (χ0) is 17.0. The number of rotatable bonds is 11. The number of hydrogen-bond acceptors (Lipinski definition) is 3. The van der Waals surface area contributed by atoms with Crippen molar-refractivity contribution < 1.29 is 14.1 Å². The fraction of sp³-hybridized carbons (Fsp3) is 0.526. The maximum absolute atomic E-state index is 12.6. The summed E-state index contributed by atoms with van der Waals surface area (Å²) in [5.41, 5.74) is 0. The van der Waals surface area contributed by atoms with Crippen molar-refractivity contribution >= 4 is 18.4 Å². The van der Waals surface area contributed by atoms with E-state index in [-0.39, 0.29) is 5.97 Å². The normalized spacial score (nSPS) is 13.8. The van der Waals surface area contributed by atoms with E-state index in [1.54, 1.807) is 0 Å². The van der Waals surface area contributed by atoms with E-state index < -0.39 is 7.14 Å². The molecule has 0 radical (unpaired) electrons. The number of ether oxygens (including phenoxy) is 1. The van der Waals surface area contributed by atoms with Gasteiger partial charge in [-0.15, -0.1) is 0 Å². The van der Waals surface area contributed by atoms with Crippen LogP contribution in [0.5, 0.6) is 0 Å². The number of benzene rings is 1. The zero-order valence-corrected chi connectivity index (χ0v) is 15.3. The first-order chi connectivity index (χ1) is 11.1. The van der Waals surface area contributed by atoms with E-state index in [9.17, 15) is 9.36 Å². The van der Waals surface area contributed by atoms with Crippen molar-refractivity contribution in [3.05, 3.63) is 42.2 Å². The first-order valence-corrected chi connectivity index (χ1v) is 10.7. The minimum absolute atomic E-state index is 0.113. The van der Waals surface area contributed by atoms with Crippen LogP contribution in [0.3, 0.4) is 0 Å². The van der Waals surface area contributed by atoms with Crippen molar-refractivity contribution in [2.45, 2.75) is 51.4 Å². The van der Waals surface area contributed by atoms with Crippen molar-refractivity contribution in [2.24, 2.45) is 0 Å². The summed E-state index contributed by atoms with van der Waals surface area (Å²) in [6.45, 7) is 1.82. The first kappa shape index (κ1) is 19.7. The van der Waals surface area contributed by atoms with Gasteiger partial charge in [0.15, 0.2) is 0 Å². The number of carbonyl (C=O) groups excluding carboxylic acids is 1. The quantitative estimate of drug-likeness (QED) is 0.320. The highest BCUT2D eigenvalue weighted by atomic mass is 31.2. The molecule has 0 N–H and O–H groups in total. The van der Waals surface area contributed by atoms with E-state index in [2.05, 4.69) is 10.8 Å². The maximum atomic E-state index is 12.6. The molecule has 23 heavy (non-hydrogen) atoms. The van der Waals surface area contributed by atoms with Crippen LogP contribution in [-0.2, 0) is 14.1 Å². The van der Waals surface area contributed by atoms with Crippen LogP contribution in [0.2, 0.25) is 0 Å². The molecular weight excluding hydrogens is 307 g/mol.